The van der Waals surface area contributed by atoms with E-state index < -0.39 is 26.7 Å². The van der Waals surface area contributed by atoms with Crippen LogP contribution < -0.4 is 9.46 Å². The Bertz CT molecular complexity index is 1420. The molecule has 0 bridgehead atoms. The number of ether oxygens (including phenoxy) is 1. The van der Waals surface area contributed by atoms with Gasteiger partial charge in [-0.2, -0.15) is 18.3 Å². The molecular weight excluding hydrogens is 471 g/mol. The number of aromatic nitrogens is 4. The summed E-state index contributed by atoms with van der Waals surface area (Å²) in [7, 11) is -4.22. The summed E-state index contributed by atoms with van der Waals surface area (Å²) in [6.45, 7) is 3.77. The van der Waals surface area contributed by atoms with Crippen molar-refractivity contribution in [3.8, 4) is 17.4 Å². The molecule has 0 aliphatic heterocycles. The van der Waals surface area contributed by atoms with Gasteiger partial charge in [0.15, 0.2) is 5.82 Å². The van der Waals surface area contributed by atoms with Crippen LogP contribution in [-0.2, 0) is 16.2 Å². The van der Waals surface area contributed by atoms with E-state index in [0.717, 1.165) is 29.6 Å². The second-order valence-electron chi connectivity index (χ2n) is 7.33. The molecule has 2 aromatic carbocycles. The molecule has 0 radical (unpaired) electrons. The molecule has 0 saturated heterocycles. The van der Waals surface area contributed by atoms with Crippen molar-refractivity contribution in [3.05, 3.63) is 83.7 Å². The van der Waals surface area contributed by atoms with Crippen molar-refractivity contribution < 1.29 is 26.3 Å². The highest BCUT2D eigenvalue weighted by Gasteiger charge is 2.31. The molecule has 8 nitrogen and oxygen atoms in total. The average Bonchev–Trinajstić information content (AvgIpc) is 3.13. The molecule has 0 spiro atoms. The number of hydrogen-bond donors (Lipinski definition) is 1. The standard InChI is InChI=1S/C22H18F3N5O3S/c1-14-12-15(2)30(28-14)20-10-11-21(27-26-20)33-18-8-6-17(7-9-18)29-34(31,32)19-5-3-4-16(13-19)22(23,24)25/h3-13,29H,1-2H3. The molecule has 0 atom stereocenters. The lowest BCUT2D eigenvalue weighted by Crippen LogP contribution is -2.14. The van der Waals surface area contributed by atoms with Gasteiger partial charge in [0.25, 0.3) is 10.0 Å². The maximum absolute atomic E-state index is 12.9. The first-order chi connectivity index (χ1) is 16.0. The normalized spacial score (nSPS) is 11.9. The van der Waals surface area contributed by atoms with E-state index in [1.165, 1.54) is 24.3 Å². The molecule has 0 aliphatic rings. The molecule has 0 aliphatic carbocycles. The van der Waals surface area contributed by atoms with Crippen molar-refractivity contribution in [2.75, 3.05) is 4.72 Å². The van der Waals surface area contributed by atoms with Crippen LogP contribution >= 0.6 is 0 Å². The van der Waals surface area contributed by atoms with E-state index >= 15 is 0 Å². The first-order valence-electron chi connectivity index (χ1n) is 9.87. The number of nitrogens with zero attached hydrogens (tertiary/aromatic N) is 4. The summed E-state index contributed by atoms with van der Waals surface area (Å²) in [4.78, 5) is -0.499. The Morgan fingerprint density at radius 2 is 1.68 bits per heavy atom. The highest BCUT2D eigenvalue weighted by atomic mass is 32.2. The van der Waals surface area contributed by atoms with Crippen LogP contribution in [0.1, 0.15) is 17.0 Å². The lowest BCUT2D eigenvalue weighted by Gasteiger charge is -2.11. The van der Waals surface area contributed by atoms with Crippen molar-refractivity contribution in [2.24, 2.45) is 0 Å². The SMILES string of the molecule is Cc1cc(C)n(-c2ccc(Oc3ccc(NS(=O)(=O)c4cccc(C(F)(F)F)c4)cc3)nn2)n1. The van der Waals surface area contributed by atoms with Gasteiger partial charge in [0.2, 0.25) is 5.88 Å². The van der Waals surface area contributed by atoms with Crippen LogP contribution in [0.5, 0.6) is 11.6 Å². The summed E-state index contributed by atoms with van der Waals surface area (Å²) in [6, 6.07) is 14.5. The largest absolute Gasteiger partial charge is 0.438 e. The van der Waals surface area contributed by atoms with Crippen molar-refractivity contribution >= 4 is 15.7 Å². The van der Waals surface area contributed by atoms with E-state index in [4.69, 9.17) is 4.74 Å². The topological polar surface area (TPSA) is 99.0 Å². The first kappa shape index (κ1) is 23.2. The van der Waals surface area contributed by atoms with E-state index in [1.807, 2.05) is 19.9 Å². The van der Waals surface area contributed by atoms with E-state index in [1.54, 1.807) is 16.8 Å². The summed E-state index contributed by atoms with van der Waals surface area (Å²) in [6.07, 6.45) is -4.65. The van der Waals surface area contributed by atoms with Gasteiger partial charge in [-0.15, -0.1) is 10.2 Å². The minimum atomic E-state index is -4.65. The number of alkyl halides is 3. The fraction of sp³-hybridized carbons (Fsp3) is 0.136. The van der Waals surface area contributed by atoms with Crippen LogP contribution in [-0.4, -0.2) is 28.4 Å². The third-order valence-electron chi connectivity index (χ3n) is 4.65. The fourth-order valence-electron chi connectivity index (χ4n) is 3.11. The molecule has 4 aromatic rings. The molecule has 1 N–H and O–H groups in total. The third kappa shape index (κ3) is 5.17. The zero-order valence-corrected chi connectivity index (χ0v) is 18.7. The quantitative estimate of drug-likeness (QED) is 0.414. The van der Waals surface area contributed by atoms with Crippen molar-refractivity contribution in [2.45, 2.75) is 24.9 Å². The van der Waals surface area contributed by atoms with Crippen LogP contribution in [0.25, 0.3) is 5.82 Å². The molecule has 12 heteroatoms. The van der Waals surface area contributed by atoms with E-state index in [0.29, 0.717) is 17.6 Å². The average molecular weight is 489 g/mol. The summed E-state index contributed by atoms with van der Waals surface area (Å²) in [5, 5.41) is 12.4. The Hall–Kier alpha value is -3.93. The Morgan fingerprint density at radius 1 is 0.941 bits per heavy atom. The number of sulfonamides is 1. The van der Waals surface area contributed by atoms with Crippen LogP contribution in [0, 0.1) is 13.8 Å². The van der Waals surface area contributed by atoms with Gasteiger partial charge in [-0.25, -0.2) is 13.1 Å². The molecule has 176 valence electrons. The zero-order chi connectivity index (χ0) is 24.5. The Kier molecular flexibility index (Phi) is 6.00. The summed E-state index contributed by atoms with van der Waals surface area (Å²) < 4.78 is 73.2. The lowest BCUT2D eigenvalue weighted by atomic mass is 10.2. The van der Waals surface area contributed by atoms with Gasteiger partial charge < -0.3 is 4.74 Å². The van der Waals surface area contributed by atoms with E-state index in [-0.39, 0.29) is 11.6 Å². The monoisotopic (exact) mass is 489 g/mol. The Morgan fingerprint density at radius 3 is 2.26 bits per heavy atom. The second kappa shape index (κ2) is 8.78. The minimum absolute atomic E-state index is 0.149. The highest BCUT2D eigenvalue weighted by molar-refractivity contribution is 7.92. The predicted molar refractivity (Wildman–Crippen MR) is 117 cm³/mol. The smallest absolute Gasteiger partial charge is 0.416 e. The molecule has 4 rings (SSSR count). The summed E-state index contributed by atoms with van der Waals surface area (Å²) >= 11 is 0. The third-order valence-corrected chi connectivity index (χ3v) is 6.03. The number of nitrogens with one attached hydrogen (secondary N) is 1. The van der Waals surface area contributed by atoms with Crippen LogP contribution in [0.3, 0.4) is 0 Å². The van der Waals surface area contributed by atoms with E-state index in [9.17, 15) is 21.6 Å². The van der Waals surface area contributed by atoms with Crippen LogP contribution in [0.2, 0.25) is 0 Å². The highest BCUT2D eigenvalue weighted by Crippen LogP contribution is 2.31. The van der Waals surface area contributed by atoms with Gasteiger partial charge in [0.05, 0.1) is 16.2 Å². The van der Waals surface area contributed by atoms with Crippen LogP contribution in [0.15, 0.2) is 71.6 Å². The molecule has 34 heavy (non-hydrogen) atoms. The lowest BCUT2D eigenvalue weighted by molar-refractivity contribution is -0.137. The van der Waals surface area contributed by atoms with Gasteiger partial charge >= 0.3 is 6.18 Å². The van der Waals surface area contributed by atoms with Gasteiger partial charge in [0.1, 0.15) is 5.75 Å². The zero-order valence-electron chi connectivity index (χ0n) is 17.9. The molecule has 0 saturated carbocycles. The molecule has 2 aromatic heterocycles. The number of anilines is 1. The van der Waals surface area contributed by atoms with Crippen molar-refractivity contribution in [3.63, 3.8) is 0 Å². The van der Waals surface area contributed by atoms with Crippen molar-refractivity contribution in [1.82, 2.24) is 20.0 Å². The number of benzene rings is 2. The predicted octanol–water partition coefficient (Wildman–Crippen LogP) is 4.89. The van der Waals surface area contributed by atoms with E-state index in [2.05, 4.69) is 20.0 Å². The maximum atomic E-state index is 12.9. The van der Waals surface area contributed by atoms with Gasteiger partial charge in [-0.05, 0) is 68.4 Å². The maximum Gasteiger partial charge on any atom is 0.416 e. The molecular formula is C22H18F3N5O3S. The Balaban J connectivity index is 1.45. The summed E-state index contributed by atoms with van der Waals surface area (Å²) in [5.41, 5.74) is 0.854. The molecule has 0 amide bonds. The van der Waals surface area contributed by atoms with Gasteiger partial charge in [-0.3, -0.25) is 4.72 Å². The summed E-state index contributed by atoms with van der Waals surface area (Å²) in [5.74, 6) is 1.09. The number of rotatable bonds is 6. The van der Waals surface area contributed by atoms with Crippen LogP contribution in [0.4, 0.5) is 18.9 Å². The second-order valence-corrected chi connectivity index (χ2v) is 9.01. The molecule has 0 fully saturated rings. The minimum Gasteiger partial charge on any atom is -0.438 e. The fourth-order valence-corrected chi connectivity index (χ4v) is 4.21. The number of aryl methyl sites for hydroxylation is 2. The number of hydrogen-bond acceptors (Lipinski definition) is 6. The molecule has 0 unspecified atom stereocenters. The van der Waals surface area contributed by atoms with Gasteiger partial charge in [0, 0.05) is 17.4 Å². The van der Waals surface area contributed by atoms with Crippen molar-refractivity contribution in [1.29, 1.82) is 0 Å². The Labute approximate surface area is 193 Å². The molecule has 2 heterocycles. The van der Waals surface area contributed by atoms with Gasteiger partial charge in [-0.1, -0.05) is 6.07 Å². The first-order valence-corrected chi connectivity index (χ1v) is 11.3. The number of halogens is 3.